The highest BCUT2D eigenvalue weighted by atomic mass is 16.5. The number of ether oxygens (including phenoxy) is 1. The van der Waals surface area contributed by atoms with Crippen LogP contribution in [0.5, 0.6) is 0 Å². The zero-order valence-electron chi connectivity index (χ0n) is 10.7. The number of hydrogen-bond donors (Lipinski definition) is 1. The molecule has 0 aromatic carbocycles. The van der Waals surface area contributed by atoms with Gasteiger partial charge in [0.15, 0.2) is 0 Å². The van der Waals surface area contributed by atoms with Crippen LogP contribution < -0.4 is 5.32 Å². The Kier molecular flexibility index (Phi) is 5.22. The molecule has 1 N–H and O–H groups in total. The Labute approximate surface area is 98.3 Å². The van der Waals surface area contributed by atoms with E-state index in [0.29, 0.717) is 25.1 Å². The van der Waals surface area contributed by atoms with Crippen LogP contribution in [-0.2, 0) is 9.53 Å². The molecule has 0 radical (unpaired) electrons. The average Bonchev–Trinajstić information content (AvgIpc) is 2.15. The Morgan fingerprint density at radius 3 is 2.56 bits per heavy atom. The van der Waals surface area contributed by atoms with Crippen molar-refractivity contribution >= 4 is 5.97 Å². The number of carbonyl (C=O) groups excluding carboxylic acids is 1. The normalized spacial score (nSPS) is 18.2. The van der Waals surface area contributed by atoms with E-state index in [1.54, 1.807) is 0 Å². The molecule has 0 aromatic heterocycles. The molecule has 0 aromatic rings. The molecule has 0 saturated heterocycles. The summed E-state index contributed by atoms with van der Waals surface area (Å²) in [5.74, 6) is -0.109. The van der Waals surface area contributed by atoms with E-state index < -0.39 is 0 Å². The van der Waals surface area contributed by atoms with Gasteiger partial charge in [0.2, 0.25) is 0 Å². The lowest BCUT2D eigenvalue weighted by molar-refractivity contribution is -0.143. The quantitative estimate of drug-likeness (QED) is 0.522. The molecule has 0 unspecified atom stereocenters. The maximum absolute atomic E-state index is 11.1. The second-order valence-corrected chi connectivity index (χ2v) is 4.70. The molecule has 0 atom stereocenters. The molecule has 94 valence electrons. The van der Waals surface area contributed by atoms with Crippen molar-refractivity contribution in [1.29, 1.82) is 0 Å². The molecule has 1 rings (SSSR count). The lowest BCUT2D eigenvalue weighted by Gasteiger charge is -2.47. The molecule has 0 aliphatic heterocycles. The molecular weight excluding hydrogens is 204 g/mol. The minimum Gasteiger partial charge on any atom is -0.466 e. The molecule has 1 aliphatic rings. The summed E-state index contributed by atoms with van der Waals surface area (Å²) in [6.07, 6.45) is 4.30. The Hall–Kier alpha value is -0.610. The first kappa shape index (κ1) is 13.5. The molecule has 1 fully saturated rings. The molecule has 0 heterocycles. The zero-order valence-corrected chi connectivity index (χ0v) is 10.7. The highest BCUT2D eigenvalue weighted by Crippen LogP contribution is 2.35. The van der Waals surface area contributed by atoms with Crippen LogP contribution >= 0.6 is 0 Å². The summed E-state index contributed by atoms with van der Waals surface area (Å²) in [7, 11) is 4.26. The van der Waals surface area contributed by atoms with Gasteiger partial charge < -0.3 is 15.0 Å². The SMILES string of the molecule is CCOC(=O)CCNCC1(N(C)C)CCC1. The minimum atomic E-state index is -0.109. The third kappa shape index (κ3) is 3.46. The van der Waals surface area contributed by atoms with Gasteiger partial charge in [0, 0.05) is 18.6 Å². The standard InChI is InChI=1S/C12H24N2O2/c1-4-16-11(15)6-9-13-10-12(14(2)3)7-5-8-12/h13H,4-10H2,1-3H3. The Balaban J connectivity index is 2.12. The van der Waals surface area contributed by atoms with E-state index in [-0.39, 0.29) is 5.97 Å². The summed E-state index contributed by atoms with van der Waals surface area (Å²) in [6.45, 7) is 4.00. The van der Waals surface area contributed by atoms with Crippen LogP contribution in [0.15, 0.2) is 0 Å². The van der Waals surface area contributed by atoms with E-state index in [4.69, 9.17) is 4.74 Å². The number of nitrogens with zero attached hydrogens (tertiary/aromatic N) is 1. The van der Waals surface area contributed by atoms with E-state index in [9.17, 15) is 4.79 Å². The van der Waals surface area contributed by atoms with Crippen molar-refractivity contribution in [3.63, 3.8) is 0 Å². The van der Waals surface area contributed by atoms with E-state index in [0.717, 1.165) is 6.54 Å². The van der Waals surface area contributed by atoms with Gasteiger partial charge in [-0.2, -0.15) is 0 Å². The largest absolute Gasteiger partial charge is 0.466 e. The maximum atomic E-state index is 11.1. The monoisotopic (exact) mass is 228 g/mol. The first-order valence-electron chi connectivity index (χ1n) is 6.14. The fourth-order valence-electron chi connectivity index (χ4n) is 2.11. The molecule has 0 bridgehead atoms. The summed E-state index contributed by atoms with van der Waals surface area (Å²) in [4.78, 5) is 13.4. The Morgan fingerprint density at radius 1 is 1.44 bits per heavy atom. The van der Waals surface area contributed by atoms with Crippen LogP contribution in [0.3, 0.4) is 0 Å². The van der Waals surface area contributed by atoms with Crippen LogP contribution in [0.2, 0.25) is 0 Å². The molecule has 0 spiro atoms. The lowest BCUT2D eigenvalue weighted by Crippen LogP contribution is -2.56. The molecule has 4 nitrogen and oxygen atoms in total. The molecule has 16 heavy (non-hydrogen) atoms. The molecule has 1 aliphatic carbocycles. The lowest BCUT2D eigenvalue weighted by atomic mass is 9.75. The van der Waals surface area contributed by atoms with Crippen molar-refractivity contribution in [3.8, 4) is 0 Å². The Bertz CT molecular complexity index is 225. The maximum Gasteiger partial charge on any atom is 0.307 e. The number of hydrogen-bond acceptors (Lipinski definition) is 4. The number of likely N-dealkylation sites (N-methyl/N-ethyl adjacent to an activating group) is 1. The van der Waals surface area contributed by atoms with Gasteiger partial charge in [-0.25, -0.2) is 0 Å². The van der Waals surface area contributed by atoms with Gasteiger partial charge in [-0.05, 0) is 40.3 Å². The molecular formula is C12H24N2O2. The number of carbonyl (C=O) groups is 1. The third-order valence-corrected chi connectivity index (χ3v) is 3.50. The van der Waals surface area contributed by atoms with Gasteiger partial charge in [-0.15, -0.1) is 0 Å². The molecule has 4 heteroatoms. The van der Waals surface area contributed by atoms with E-state index in [2.05, 4.69) is 24.3 Å². The zero-order chi connectivity index (χ0) is 12.0. The number of esters is 1. The summed E-state index contributed by atoms with van der Waals surface area (Å²) in [5, 5.41) is 3.36. The van der Waals surface area contributed by atoms with Crippen molar-refractivity contribution in [1.82, 2.24) is 10.2 Å². The van der Waals surface area contributed by atoms with Gasteiger partial charge in [0.25, 0.3) is 0 Å². The van der Waals surface area contributed by atoms with Gasteiger partial charge in [0.1, 0.15) is 0 Å². The molecule has 1 saturated carbocycles. The van der Waals surface area contributed by atoms with Crippen molar-refractivity contribution in [2.75, 3.05) is 33.8 Å². The Morgan fingerprint density at radius 2 is 2.12 bits per heavy atom. The topological polar surface area (TPSA) is 41.6 Å². The van der Waals surface area contributed by atoms with Crippen LogP contribution in [0.4, 0.5) is 0 Å². The molecule has 0 amide bonds. The van der Waals surface area contributed by atoms with Crippen molar-refractivity contribution in [2.45, 2.75) is 38.1 Å². The van der Waals surface area contributed by atoms with Gasteiger partial charge in [-0.3, -0.25) is 4.79 Å². The summed E-state index contributed by atoms with van der Waals surface area (Å²) in [6, 6.07) is 0. The summed E-state index contributed by atoms with van der Waals surface area (Å²) < 4.78 is 4.87. The van der Waals surface area contributed by atoms with Crippen molar-refractivity contribution in [2.24, 2.45) is 0 Å². The van der Waals surface area contributed by atoms with E-state index >= 15 is 0 Å². The first-order valence-corrected chi connectivity index (χ1v) is 6.14. The minimum absolute atomic E-state index is 0.109. The van der Waals surface area contributed by atoms with Crippen LogP contribution in [0.1, 0.15) is 32.6 Å². The van der Waals surface area contributed by atoms with Gasteiger partial charge >= 0.3 is 5.97 Å². The van der Waals surface area contributed by atoms with Gasteiger partial charge in [-0.1, -0.05) is 0 Å². The fourth-order valence-corrected chi connectivity index (χ4v) is 2.11. The predicted molar refractivity (Wildman–Crippen MR) is 64.4 cm³/mol. The van der Waals surface area contributed by atoms with E-state index in [1.165, 1.54) is 19.3 Å². The predicted octanol–water partition coefficient (Wildman–Crippen LogP) is 1.01. The van der Waals surface area contributed by atoms with Crippen molar-refractivity contribution < 1.29 is 9.53 Å². The fraction of sp³-hybridized carbons (Fsp3) is 0.917. The second-order valence-electron chi connectivity index (χ2n) is 4.70. The van der Waals surface area contributed by atoms with Crippen LogP contribution in [-0.4, -0.2) is 50.2 Å². The summed E-state index contributed by atoms with van der Waals surface area (Å²) in [5.41, 5.74) is 0.328. The highest BCUT2D eigenvalue weighted by Gasteiger charge is 2.38. The average molecular weight is 228 g/mol. The van der Waals surface area contributed by atoms with Gasteiger partial charge in [0.05, 0.1) is 13.0 Å². The first-order chi connectivity index (χ1) is 7.60. The number of rotatable bonds is 7. The van der Waals surface area contributed by atoms with Crippen LogP contribution in [0, 0.1) is 0 Å². The smallest absolute Gasteiger partial charge is 0.307 e. The van der Waals surface area contributed by atoms with E-state index in [1.807, 2.05) is 6.92 Å². The van der Waals surface area contributed by atoms with Crippen molar-refractivity contribution in [3.05, 3.63) is 0 Å². The third-order valence-electron chi connectivity index (χ3n) is 3.50. The number of nitrogens with one attached hydrogen (secondary N) is 1. The summed E-state index contributed by atoms with van der Waals surface area (Å²) >= 11 is 0. The second kappa shape index (κ2) is 6.21. The van der Waals surface area contributed by atoms with Crippen LogP contribution in [0.25, 0.3) is 0 Å². The highest BCUT2D eigenvalue weighted by molar-refractivity contribution is 5.69.